The minimum atomic E-state index is -0.0383. The highest BCUT2D eigenvalue weighted by molar-refractivity contribution is 5.94. The number of nitrogens with one attached hydrogen (secondary N) is 1. The molecule has 28 heavy (non-hydrogen) atoms. The fourth-order valence-electron chi connectivity index (χ4n) is 4.05. The van der Waals surface area contributed by atoms with Crippen molar-refractivity contribution in [1.29, 1.82) is 0 Å². The zero-order valence-electron chi connectivity index (χ0n) is 17.3. The Morgan fingerprint density at radius 1 is 1.00 bits per heavy atom. The van der Waals surface area contributed by atoms with Gasteiger partial charge in [-0.15, -0.1) is 0 Å². The van der Waals surface area contributed by atoms with Crippen LogP contribution >= 0.6 is 0 Å². The number of rotatable bonds is 5. The van der Waals surface area contributed by atoms with Gasteiger partial charge in [-0.3, -0.25) is 9.59 Å². The van der Waals surface area contributed by atoms with Crippen LogP contribution in [0, 0.1) is 11.8 Å². The minimum Gasteiger partial charge on any atom is -0.489 e. The monoisotopic (exact) mass is 387 g/mol. The number of nitrogens with zero attached hydrogens (tertiary/aromatic N) is 2. The standard InChI is InChI=1S/C22H33N3O3/c1-16(2)28-20-7-5-4-6-19(20)23-21(26)17-8-10-18(11-9-17)22(27)25-14-12-24(3)13-15-25/h4-7,16-18H,8-15H2,1-3H3,(H,23,26). The fourth-order valence-corrected chi connectivity index (χ4v) is 4.05. The summed E-state index contributed by atoms with van der Waals surface area (Å²) in [4.78, 5) is 29.8. The van der Waals surface area contributed by atoms with E-state index in [-0.39, 0.29) is 29.8 Å². The van der Waals surface area contributed by atoms with E-state index in [1.165, 1.54) is 0 Å². The van der Waals surface area contributed by atoms with Crippen LogP contribution in [0.5, 0.6) is 5.75 Å². The molecule has 2 aliphatic rings. The van der Waals surface area contributed by atoms with Gasteiger partial charge < -0.3 is 19.9 Å². The summed E-state index contributed by atoms with van der Waals surface area (Å²) in [6, 6.07) is 7.55. The highest BCUT2D eigenvalue weighted by Gasteiger charge is 2.33. The Bertz CT molecular complexity index is 675. The molecule has 0 spiro atoms. The lowest BCUT2D eigenvalue weighted by molar-refractivity contribution is -0.139. The third-order valence-corrected chi connectivity index (χ3v) is 5.77. The van der Waals surface area contributed by atoms with Gasteiger partial charge in [-0.25, -0.2) is 0 Å². The van der Waals surface area contributed by atoms with Gasteiger partial charge in [0.05, 0.1) is 11.8 Å². The van der Waals surface area contributed by atoms with Crippen molar-refractivity contribution in [3.8, 4) is 5.75 Å². The minimum absolute atomic E-state index is 0.0327. The first-order chi connectivity index (χ1) is 13.4. The van der Waals surface area contributed by atoms with Crippen molar-refractivity contribution in [1.82, 2.24) is 9.80 Å². The Labute approximate surface area is 168 Å². The predicted octanol–water partition coefficient (Wildman–Crippen LogP) is 2.99. The first kappa shape index (κ1) is 20.6. The topological polar surface area (TPSA) is 61.9 Å². The first-order valence-corrected chi connectivity index (χ1v) is 10.5. The summed E-state index contributed by atoms with van der Waals surface area (Å²) in [7, 11) is 2.09. The van der Waals surface area contributed by atoms with Crippen molar-refractivity contribution in [3.63, 3.8) is 0 Å². The molecule has 1 aromatic rings. The number of benzene rings is 1. The number of para-hydroxylation sites is 2. The molecule has 6 nitrogen and oxygen atoms in total. The number of amides is 2. The zero-order valence-corrected chi connectivity index (χ0v) is 17.3. The molecule has 1 aliphatic carbocycles. The van der Waals surface area contributed by atoms with Gasteiger partial charge in [-0.2, -0.15) is 0 Å². The molecule has 0 radical (unpaired) electrons. The number of likely N-dealkylation sites (N-methyl/N-ethyl adjacent to an activating group) is 1. The summed E-state index contributed by atoms with van der Waals surface area (Å²) < 4.78 is 5.79. The van der Waals surface area contributed by atoms with Crippen LogP contribution in [0.25, 0.3) is 0 Å². The summed E-state index contributed by atoms with van der Waals surface area (Å²) in [5.74, 6) is 1.05. The van der Waals surface area contributed by atoms with Crippen LogP contribution in [0.1, 0.15) is 39.5 Å². The molecule has 0 bridgehead atoms. The maximum absolute atomic E-state index is 12.8. The molecule has 3 rings (SSSR count). The molecule has 0 aromatic heterocycles. The first-order valence-electron chi connectivity index (χ1n) is 10.5. The van der Waals surface area contributed by atoms with Gasteiger partial charge in [0.15, 0.2) is 0 Å². The Morgan fingerprint density at radius 2 is 1.61 bits per heavy atom. The van der Waals surface area contributed by atoms with Crippen molar-refractivity contribution >= 4 is 17.5 Å². The van der Waals surface area contributed by atoms with Gasteiger partial charge in [-0.05, 0) is 58.7 Å². The maximum atomic E-state index is 12.8. The largest absolute Gasteiger partial charge is 0.489 e. The number of carbonyl (C=O) groups excluding carboxylic acids is 2. The van der Waals surface area contributed by atoms with E-state index in [1.807, 2.05) is 43.0 Å². The second-order valence-corrected chi connectivity index (χ2v) is 8.33. The molecular formula is C22H33N3O3. The number of ether oxygens (including phenoxy) is 1. The average molecular weight is 388 g/mol. The van der Waals surface area contributed by atoms with E-state index in [1.54, 1.807) is 0 Å². The highest BCUT2D eigenvalue weighted by atomic mass is 16.5. The van der Waals surface area contributed by atoms with Crippen LogP contribution in [-0.2, 0) is 9.59 Å². The van der Waals surface area contributed by atoms with Crippen LogP contribution in [0.3, 0.4) is 0 Å². The highest BCUT2D eigenvalue weighted by Crippen LogP contribution is 2.32. The molecule has 2 fully saturated rings. The molecule has 1 N–H and O–H groups in total. The Kier molecular flexibility index (Phi) is 6.94. The predicted molar refractivity (Wildman–Crippen MR) is 110 cm³/mol. The summed E-state index contributed by atoms with van der Waals surface area (Å²) in [6.45, 7) is 7.47. The molecule has 1 saturated carbocycles. The summed E-state index contributed by atoms with van der Waals surface area (Å²) >= 11 is 0. The molecule has 1 aromatic carbocycles. The summed E-state index contributed by atoms with van der Waals surface area (Å²) in [5, 5.41) is 3.03. The molecule has 0 unspecified atom stereocenters. The molecule has 1 heterocycles. The number of anilines is 1. The van der Waals surface area contributed by atoms with Crippen molar-refractivity contribution in [2.24, 2.45) is 11.8 Å². The second-order valence-electron chi connectivity index (χ2n) is 8.33. The van der Waals surface area contributed by atoms with E-state index in [0.29, 0.717) is 5.75 Å². The quantitative estimate of drug-likeness (QED) is 0.844. The van der Waals surface area contributed by atoms with Crippen LogP contribution in [0.4, 0.5) is 5.69 Å². The van der Waals surface area contributed by atoms with E-state index in [4.69, 9.17) is 4.74 Å². The normalized spacial score (nSPS) is 23.5. The van der Waals surface area contributed by atoms with Gasteiger partial charge >= 0.3 is 0 Å². The summed E-state index contributed by atoms with van der Waals surface area (Å²) in [5.41, 5.74) is 0.719. The number of hydrogen-bond acceptors (Lipinski definition) is 4. The third kappa shape index (κ3) is 5.25. The van der Waals surface area contributed by atoms with E-state index in [9.17, 15) is 9.59 Å². The molecular weight excluding hydrogens is 354 g/mol. The van der Waals surface area contributed by atoms with Gasteiger partial charge in [0.25, 0.3) is 0 Å². The van der Waals surface area contributed by atoms with Gasteiger partial charge in [-0.1, -0.05) is 12.1 Å². The number of piperazine rings is 1. The van der Waals surface area contributed by atoms with Gasteiger partial charge in [0.2, 0.25) is 11.8 Å². The molecule has 0 atom stereocenters. The van der Waals surface area contributed by atoms with Gasteiger partial charge in [0, 0.05) is 38.0 Å². The van der Waals surface area contributed by atoms with Crippen LogP contribution in [0.15, 0.2) is 24.3 Å². The smallest absolute Gasteiger partial charge is 0.227 e. The van der Waals surface area contributed by atoms with Crippen molar-refractivity contribution in [2.75, 3.05) is 38.5 Å². The lowest BCUT2D eigenvalue weighted by Crippen LogP contribution is -2.49. The van der Waals surface area contributed by atoms with E-state index in [2.05, 4.69) is 17.3 Å². The summed E-state index contributed by atoms with van der Waals surface area (Å²) in [6.07, 6.45) is 3.18. The van der Waals surface area contributed by atoms with Crippen molar-refractivity contribution < 1.29 is 14.3 Å². The third-order valence-electron chi connectivity index (χ3n) is 5.77. The van der Waals surface area contributed by atoms with Crippen LogP contribution in [-0.4, -0.2) is 60.9 Å². The Balaban J connectivity index is 1.51. The SMILES string of the molecule is CC(C)Oc1ccccc1NC(=O)C1CCC(C(=O)N2CCN(C)CC2)CC1. The van der Waals surface area contributed by atoms with Crippen LogP contribution < -0.4 is 10.1 Å². The fraction of sp³-hybridized carbons (Fsp3) is 0.636. The van der Waals surface area contributed by atoms with Gasteiger partial charge in [0.1, 0.15) is 5.75 Å². The van der Waals surface area contributed by atoms with E-state index < -0.39 is 0 Å². The Hall–Kier alpha value is -2.08. The molecule has 2 amide bonds. The maximum Gasteiger partial charge on any atom is 0.227 e. The lowest BCUT2D eigenvalue weighted by atomic mass is 9.80. The van der Waals surface area contributed by atoms with E-state index in [0.717, 1.165) is 57.5 Å². The number of hydrogen-bond donors (Lipinski definition) is 1. The zero-order chi connectivity index (χ0) is 20.1. The molecule has 6 heteroatoms. The lowest BCUT2D eigenvalue weighted by Gasteiger charge is -2.36. The Morgan fingerprint density at radius 3 is 2.25 bits per heavy atom. The van der Waals surface area contributed by atoms with Crippen molar-refractivity contribution in [2.45, 2.75) is 45.6 Å². The molecule has 1 saturated heterocycles. The van der Waals surface area contributed by atoms with E-state index >= 15 is 0 Å². The molecule has 1 aliphatic heterocycles. The second kappa shape index (κ2) is 9.41. The number of carbonyl (C=O) groups is 2. The van der Waals surface area contributed by atoms with Crippen molar-refractivity contribution in [3.05, 3.63) is 24.3 Å². The van der Waals surface area contributed by atoms with Crippen LogP contribution in [0.2, 0.25) is 0 Å². The average Bonchev–Trinajstić information content (AvgIpc) is 2.69. The molecule has 154 valence electrons.